The number of thiophene rings is 1. The summed E-state index contributed by atoms with van der Waals surface area (Å²) >= 11 is 1.26. The average Bonchev–Trinajstić information content (AvgIpc) is 3.18. The molecule has 6 nitrogen and oxygen atoms in total. The van der Waals surface area contributed by atoms with Gasteiger partial charge >= 0.3 is 5.97 Å². The highest BCUT2D eigenvalue weighted by Gasteiger charge is 2.10. The van der Waals surface area contributed by atoms with Crippen molar-refractivity contribution in [3.63, 3.8) is 0 Å². The lowest BCUT2D eigenvalue weighted by Gasteiger charge is -2.06. The number of carbonyl (C=O) groups excluding carboxylic acids is 1. The van der Waals surface area contributed by atoms with E-state index in [1.54, 1.807) is 48.5 Å². The van der Waals surface area contributed by atoms with Crippen LogP contribution in [-0.4, -0.2) is 29.8 Å². The summed E-state index contributed by atoms with van der Waals surface area (Å²) in [5.74, 6) is -1.45. The molecule has 0 saturated carbocycles. The molecule has 0 aliphatic heterocycles. The summed E-state index contributed by atoms with van der Waals surface area (Å²) in [7, 11) is 0. The first-order valence-corrected chi connectivity index (χ1v) is 8.97. The molecule has 0 fully saturated rings. The predicted octanol–water partition coefficient (Wildman–Crippen LogP) is 3.78. The molecule has 0 saturated heterocycles. The van der Waals surface area contributed by atoms with Crippen LogP contribution >= 0.6 is 11.3 Å². The molecule has 0 aliphatic carbocycles. The normalized spacial score (nSPS) is 10.8. The zero-order valence-electron chi connectivity index (χ0n) is 14.5. The maximum Gasteiger partial charge on any atom is 0.341 e. The number of para-hydroxylation sites is 1. The number of hydrogen-bond donors (Lipinski definition) is 2. The van der Waals surface area contributed by atoms with Gasteiger partial charge in [0.2, 0.25) is 0 Å². The molecule has 1 heterocycles. The van der Waals surface area contributed by atoms with Gasteiger partial charge < -0.3 is 9.84 Å². The Balaban J connectivity index is 1.65. The van der Waals surface area contributed by atoms with Crippen LogP contribution in [0.2, 0.25) is 0 Å². The van der Waals surface area contributed by atoms with Crippen LogP contribution in [0.4, 0.5) is 4.39 Å². The van der Waals surface area contributed by atoms with E-state index in [-0.39, 0.29) is 5.82 Å². The minimum Gasteiger partial charge on any atom is -0.481 e. The molecule has 28 heavy (non-hydrogen) atoms. The van der Waals surface area contributed by atoms with Crippen LogP contribution in [0, 0.1) is 5.82 Å². The highest BCUT2D eigenvalue weighted by Crippen LogP contribution is 2.28. The third-order valence-electron chi connectivity index (χ3n) is 3.60. The molecule has 3 rings (SSSR count). The zero-order valence-corrected chi connectivity index (χ0v) is 15.3. The van der Waals surface area contributed by atoms with Crippen LogP contribution in [0.15, 0.2) is 65.8 Å². The number of nitrogens with one attached hydrogen (secondary N) is 1. The highest BCUT2D eigenvalue weighted by molar-refractivity contribution is 7.17. The van der Waals surface area contributed by atoms with Gasteiger partial charge in [-0.3, -0.25) is 4.79 Å². The second kappa shape index (κ2) is 8.92. The predicted molar refractivity (Wildman–Crippen MR) is 104 cm³/mol. The summed E-state index contributed by atoms with van der Waals surface area (Å²) in [6, 6.07) is 16.2. The minimum atomic E-state index is -1.09. The number of hydrazone groups is 1. The molecule has 2 N–H and O–H groups in total. The summed E-state index contributed by atoms with van der Waals surface area (Å²) in [4.78, 5) is 24.2. The van der Waals surface area contributed by atoms with Crippen molar-refractivity contribution >= 4 is 29.4 Å². The molecule has 1 amide bonds. The Hall–Kier alpha value is -3.52. The van der Waals surface area contributed by atoms with Gasteiger partial charge in [0.25, 0.3) is 5.91 Å². The number of carbonyl (C=O) groups is 2. The molecular weight excluding hydrogens is 383 g/mol. The van der Waals surface area contributed by atoms with Gasteiger partial charge in [-0.25, -0.2) is 14.6 Å². The Morgan fingerprint density at radius 2 is 1.86 bits per heavy atom. The molecule has 142 valence electrons. The molecule has 0 unspecified atom stereocenters. The summed E-state index contributed by atoms with van der Waals surface area (Å²) in [6.45, 7) is -0.474. The molecule has 2 aromatic carbocycles. The van der Waals surface area contributed by atoms with Crippen molar-refractivity contribution in [2.75, 3.05) is 6.61 Å². The van der Waals surface area contributed by atoms with Crippen molar-refractivity contribution in [1.82, 2.24) is 5.43 Å². The highest BCUT2D eigenvalue weighted by atomic mass is 32.1. The Morgan fingerprint density at radius 1 is 1.11 bits per heavy atom. The van der Waals surface area contributed by atoms with Crippen LogP contribution in [-0.2, 0) is 4.79 Å². The van der Waals surface area contributed by atoms with E-state index in [4.69, 9.17) is 9.84 Å². The first kappa shape index (κ1) is 19.2. The summed E-state index contributed by atoms with van der Waals surface area (Å²) < 4.78 is 18.2. The van der Waals surface area contributed by atoms with E-state index < -0.39 is 18.5 Å². The van der Waals surface area contributed by atoms with E-state index in [0.29, 0.717) is 16.2 Å². The van der Waals surface area contributed by atoms with Gasteiger partial charge in [-0.2, -0.15) is 5.10 Å². The fraction of sp³-hybridized carbons (Fsp3) is 0.0500. The quantitative estimate of drug-likeness (QED) is 0.468. The third kappa shape index (κ3) is 5.01. The fourth-order valence-corrected chi connectivity index (χ4v) is 3.20. The minimum absolute atomic E-state index is 0.319. The van der Waals surface area contributed by atoms with Crippen LogP contribution in [0.5, 0.6) is 5.75 Å². The Labute approximate surface area is 163 Å². The van der Waals surface area contributed by atoms with Gasteiger partial charge in [-0.05, 0) is 42.0 Å². The maximum absolute atomic E-state index is 13.0. The number of benzene rings is 2. The number of carboxylic acids is 1. The topological polar surface area (TPSA) is 88.0 Å². The molecule has 0 radical (unpaired) electrons. The summed E-state index contributed by atoms with van der Waals surface area (Å²) in [5.41, 5.74) is 3.77. The number of aliphatic carboxylic acids is 1. The van der Waals surface area contributed by atoms with Crippen molar-refractivity contribution in [3.05, 3.63) is 76.9 Å². The van der Waals surface area contributed by atoms with E-state index in [9.17, 15) is 14.0 Å². The summed E-state index contributed by atoms with van der Waals surface area (Å²) in [6.07, 6.45) is 1.38. The molecule has 8 heteroatoms. The van der Waals surface area contributed by atoms with Crippen LogP contribution in [0.1, 0.15) is 15.2 Å². The molecule has 1 aromatic heterocycles. The number of amides is 1. The van der Waals surface area contributed by atoms with Gasteiger partial charge in [0.05, 0.1) is 11.1 Å². The molecule has 0 atom stereocenters. The first-order chi connectivity index (χ1) is 13.5. The number of ether oxygens (including phenoxy) is 1. The summed E-state index contributed by atoms with van der Waals surface area (Å²) in [5, 5.41) is 12.6. The van der Waals surface area contributed by atoms with Crippen molar-refractivity contribution in [2.24, 2.45) is 5.10 Å². The standard InChI is InChI=1S/C20H15FN2O4S/c21-15-7-5-13(6-8-15)17-9-10-18(28-17)20(26)23-22-11-14-3-1-2-4-16(14)27-12-19(24)25/h1-11H,12H2,(H,23,26)(H,24,25)/b22-11-. The Bertz CT molecular complexity index is 1020. The van der Waals surface area contributed by atoms with Gasteiger partial charge in [-0.1, -0.05) is 24.3 Å². The van der Waals surface area contributed by atoms with E-state index in [1.165, 1.54) is 29.7 Å². The monoisotopic (exact) mass is 398 g/mol. The van der Waals surface area contributed by atoms with Crippen LogP contribution in [0.3, 0.4) is 0 Å². The third-order valence-corrected chi connectivity index (χ3v) is 4.73. The van der Waals surface area contributed by atoms with Crippen LogP contribution in [0.25, 0.3) is 10.4 Å². The lowest BCUT2D eigenvalue weighted by atomic mass is 10.2. The van der Waals surface area contributed by atoms with Crippen molar-refractivity contribution in [1.29, 1.82) is 0 Å². The van der Waals surface area contributed by atoms with Crippen molar-refractivity contribution in [2.45, 2.75) is 0 Å². The SMILES string of the molecule is O=C(O)COc1ccccc1/C=N\NC(=O)c1ccc(-c2ccc(F)cc2)s1. The molecule has 3 aromatic rings. The second-order valence-corrected chi connectivity index (χ2v) is 6.67. The van der Waals surface area contributed by atoms with E-state index >= 15 is 0 Å². The van der Waals surface area contributed by atoms with Crippen molar-refractivity contribution < 1.29 is 23.8 Å². The lowest BCUT2D eigenvalue weighted by molar-refractivity contribution is -0.139. The van der Waals surface area contributed by atoms with Gasteiger partial charge in [0.1, 0.15) is 11.6 Å². The maximum atomic E-state index is 13.0. The molecule has 0 aliphatic rings. The number of nitrogens with zero attached hydrogens (tertiary/aromatic N) is 1. The fourth-order valence-electron chi connectivity index (χ4n) is 2.30. The van der Waals surface area contributed by atoms with E-state index in [2.05, 4.69) is 10.5 Å². The first-order valence-electron chi connectivity index (χ1n) is 8.16. The van der Waals surface area contributed by atoms with Gasteiger partial charge in [-0.15, -0.1) is 11.3 Å². The molecule has 0 spiro atoms. The Kier molecular flexibility index (Phi) is 6.13. The molecular formula is C20H15FN2O4S. The van der Waals surface area contributed by atoms with Gasteiger partial charge in [0.15, 0.2) is 6.61 Å². The zero-order chi connectivity index (χ0) is 19.9. The average molecular weight is 398 g/mol. The molecule has 0 bridgehead atoms. The number of carboxylic acid groups (broad SMARTS) is 1. The largest absolute Gasteiger partial charge is 0.481 e. The number of rotatable bonds is 7. The van der Waals surface area contributed by atoms with Crippen LogP contribution < -0.4 is 10.2 Å². The lowest BCUT2D eigenvalue weighted by Crippen LogP contribution is -2.16. The van der Waals surface area contributed by atoms with E-state index in [0.717, 1.165) is 10.4 Å². The van der Waals surface area contributed by atoms with E-state index in [1.807, 2.05) is 0 Å². The van der Waals surface area contributed by atoms with Crippen molar-refractivity contribution in [3.8, 4) is 16.2 Å². The smallest absolute Gasteiger partial charge is 0.341 e. The Morgan fingerprint density at radius 3 is 2.61 bits per heavy atom. The number of hydrogen-bond acceptors (Lipinski definition) is 5. The number of halogens is 1. The second-order valence-electron chi connectivity index (χ2n) is 5.59. The van der Waals surface area contributed by atoms with Gasteiger partial charge in [0, 0.05) is 10.4 Å².